The molecule has 106 valence electrons. The summed E-state index contributed by atoms with van der Waals surface area (Å²) in [5, 5.41) is 11.1. The molecular formula is C16H20N2O2. The topological polar surface area (TPSA) is 56.3 Å². The van der Waals surface area contributed by atoms with E-state index in [9.17, 15) is 9.90 Å². The summed E-state index contributed by atoms with van der Waals surface area (Å²) in [6.07, 6.45) is 2.41. The number of H-pyrrole nitrogens is 1. The van der Waals surface area contributed by atoms with Gasteiger partial charge in [0.05, 0.1) is 11.1 Å². The zero-order valence-electron chi connectivity index (χ0n) is 11.7. The van der Waals surface area contributed by atoms with Crippen molar-refractivity contribution in [2.24, 2.45) is 5.92 Å². The van der Waals surface area contributed by atoms with Crippen LogP contribution in [-0.2, 0) is 6.54 Å². The quantitative estimate of drug-likeness (QED) is 0.883. The van der Waals surface area contributed by atoms with Gasteiger partial charge in [-0.3, -0.25) is 9.69 Å². The largest absolute Gasteiger partial charge is 0.507 e. The van der Waals surface area contributed by atoms with Gasteiger partial charge in [0, 0.05) is 18.5 Å². The molecule has 1 fully saturated rings. The van der Waals surface area contributed by atoms with Crippen molar-refractivity contribution in [3.63, 3.8) is 0 Å². The molecule has 2 N–H and O–H groups in total. The van der Waals surface area contributed by atoms with E-state index in [1.54, 1.807) is 0 Å². The SMILES string of the molecule is C[C@@H]1CCCN(Cc2c(O)c3ccccc3[nH]c2=O)C1. The van der Waals surface area contributed by atoms with Crippen molar-refractivity contribution in [2.75, 3.05) is 13.1 Å². The second kappa shape index (κ2) is 5.29. The van der Waals surface area contributed by atoms with Gasteiger partial charge in [-0.05, 0) is 37.4 Å². The van der Waals surface area contributed by atoms with Crippen LogP contribution in [0.5, 0.6) is 5.75 Å². The lowest BCUT2D eigenvalue weighted by Gasteiger charge is -2.30. The molecule has 3 rings (SSSR count). The summed E-state index contributed by atoms with van der Waals surface area (Å²) in [7, 11) is 0. The van der Waals surface area contributed by atoms with Crippen LogP contribution in [0.1, 0.15) is 25.3 Å². The number of rotatable bonds is 2. The molecule has 0 radical (unpaired) electrons. The summed E-state index contributed by atoms with van der Waals surface area (Å²) in [4.78, 5) is 17.3. The number of fused-ring (bicyclic) bond motifs is 1. The minimum absolute atomic E-state index is 0.127. The molecule has 1 aromatic heterocycles. The van der Waals surface area contributed by atoms with Crippen molar-refractivity contribution in [3.05, 3.63) is 40.2 Å². The average Bonchev–Trinajstić information content (AvgIpc) is 2.43. The first kappa shape index (κ1) is 13.2. The maximum absolute atomic E-state index is 12.2. The molecule has 2 heterocycles. The van der Waals surface area contributed by atoms with E-state index in [0.717, 1.165) is 19.5 Å². The Morgan fingerprint density at radius 2 is 2.20 bits per heavy atom. The fraction of sp³-hybridized carbons (Fsp3) is 0.438. The van der Waals surface area contributed by atoms with Crippen LogP contribution in [0, 0.1) is 5.92 Å². The third-order valence-corrected chi connectivity index (χ3v) is 4.11. The van der Waals surface area contributed by atoms with Crippen molar-refractivity contribution in [1.29, 1.82) is 0 Å². The Bertz CT molecular complexity index is 678. The number of hydrogen-bond acceptors (Lipinski definition) is 3. The van der Waals surface area contributed by atoms with Crippen LogP contribution in [0.2, 0.25) is 0 Å². The molecule has 2 aromatic rings. The molecular weight excluding hydrogens is 252 g/mol. The molecule has 0 amide bonds. The summed E-state index contributed by atoms with van der Waals surface area (Å²) < 4.78 is 0. The van der Waals surface area contributed by atoms with E-state index in [4.69, 9.17) is 0 Å². The van der Waals surface area contributed by atoms with Gasteiger partial charge in [-0.2, -0.15) is 0 Å². The van der Waals surface area contributed by atoms with Gasteiger partial charge >= 0.3 is 0 Å². The number of likely N-dealkylation sites (tertiary alicyclic amines) is 1. The van der Waals surface area contributed by atoms with Gasteiger partial charge in [-0.15, -0.1) is 0 Å². The zero-order valence-corrected chi connectivity index (χ0v) is 11.7. The lowest BCUT2D eigenvalue weighted by atomic mass is 9.99. The summed E-state index contributed by atoms with van der Waals surface area (Å²) >= 11 is 0. The Hall–Kier alpha value is -1.81. The standard InChI is InChI=1S/C16H20N2O2/c1-11-5-4-8-18(9-11)10-13-15(19)12-6-2-3-7-14(12)17-16(13)20/h2-3,6-7,11H,4-5,8-10H2,1H3,(H2,17,19,20)/t11-/m1/s1. The van der Waals surface area contributed by atoms with E-state index >= 15 is 0 Å². The maximum Gasteiger partial charge on any atom is 0.256 e. The molecule has 4 nitrogen and oxygen atoms in total. The molecule has 4 heteroatoms. The highest BCUT2D eigenvalue weighted by Crippen LogP contribution is 2.26. The first-order valence-electron chi connectivity index (χ1n) is 7.20. The Labute approximate surface area is 118 Å². The molecule has 0 spiro atoms. The van der Waals surface area contributed by atoms with Crippen molar-refractivity contribution in [3.8, 4) is 5.75 Å². The van der Waals surface area contributed by atoms with E-state index in [1.165, 1.54) is 6.42 Å². The fourth-order valence-corrected chi connectivity index (χ4v) is 3.07. The molecule has 1 aliphatic heterocycles. The van der Waals surface area contributed by atoms with E-state index in [-0.39, 0.29) is 11.3 Å². The third kappa shape index (κ3) is 2.43. The number of aromatic hydroxyl groups is 1. The van der Waals surface area contributed by atoms with Crippen molar-refractivity contribution < 1.29 is 5.11 Å². The van der Waals surface area contributed by atoms with Gasteiger partial charge in [0.2, 0.25) is 0 Å². The molecule has 1 aliphatic rings. The Morgan fingerprint density at radius 3 is 3.00 bits per heavy atom. The first-order valence-corrected chi connectivity index (χ1v) is 7.20. The molecule has 20 heavy (non-hydrogen) atoms. The number of nitrogens with one attached hydrogen (secondary N) is 1. The molecule has 0 unspecified atom stereocenters. The van der Waals surface area contributed by atoms with Crippen LogP contribution < -0.4 is 5.56 Å². The predicted octanol–water partition coefficient (Wildman–Crippen LogP) is 2.47. The Kier molecular flexibility index (Phi) is 3.49. The lowest BCUT2D eigenvalue weighted by Crippen LogP contribution is -2.35. The maximum atomic E-state index is 12.2. The molecule has 1 atom stereocenters. The number of piperidine rings is 1. The van der Waals surface area contributed by atoms with E-state index in [2.05, 4.69) is 16.8 Å². The summed E-state index contributed by atoms with van der Waals surface area (Å²) in [5.41, 5.74) is 0.989. The zero-order chi connectivity index (χ0) is 14.1. The van der Waals surface area contributed by atoms with Gasteiger partial charge < -0.3 is 10.1 Å². The van der Waals surface area contributed by atoms with Gasteiger partial charge in [-0.25, -0.2) is 0 Å². The average molecular weight is 272 g/mol. The number of pyridine rings is 1. The minimum atomic E-state index is -0.181. The number of para-hydroxylation sites is 1. The second-order valence-corrected chi connectivity index (χ2v) is 5.81. The minimum Gasteiger partial charge on any atom is -0.507 e. The van der Waals surface area contributed by atoms with Gasteiger partial charge in [0.25, 0.3) is 5.56 Å². The molecule has 0 saturated carbocycles. The number of benzene rings is 1. The highest BCUT2D eigenvalue weighted by Gasteiger charge is 2.20. The number of aromatic nitrogens is 1. The van der Waals surface area contributed by atoms with Crippen LogP contribution in [0.15, 0.2) is 29.1 Å². The number of hydrogen-bond donors (Lipinski definition) is 2. The summed E-state index contributed by atoms with van der Waals surface area (Å²) in [6, 6.07) is 7.36. The summed E-state index contributed by atoms with van der Waals surface area (Å²) in [6.45, 7) is 4.74. The number of aromatic amines is 1. The molecule has 0 aliphatic carbocycles. The van der Waals surface area contributed by atoms with Gasteiger partial charge in [0.1, 0.15) is 5.75 Å². The van der Waals surface area contributed by atoms with Crippen molar-refractivity contribution in [1.82, 2.24) is 9.88 Å². The van der Waals surface area contributed by atoms with Gasteiger partial charge in [0.15, 0.2) is 0 Å². The van der Waals surface area contributed by atoms with Crippen molar-refractivity contribution >= 4 is 10.9 Å². The van der Waals surface area contributed by atoms with Crippen LogP contribution in [0.25, 0.3) is 10.9 Å². The molecule has 1 aromatic carbocycles. The molecule has 1 saturated heterocycles. The highest BCUT2D eigenvalue weighted by molar-refractivity contribution is 5.85. The fourth-order valence-electron chi connectivity index (χ4n) is 3.07. The van der Waals surface area contributed by atoms with Gasteiger partial charge in [-0.1, -0.05) is 19.1 Å². The van der Waals surface area contributed by atoms with E-state index < -0.39 is 0 Å². The predicted molar refractivity (Wildman–Crippen MR) is 79.9 cm³/mol. The molecule has 0 bridgehead atoms. The smallest absolute Gasteiger partial charge is 0.256 e. The summed E-state index contributed by atoms with van der Waals surface area (Å²) in [5.74, 6) is 0.785. The normalized spacial score (nSPS) is 20.4. The monoisotopic (exact) mass is 272 g/mol. The van der Waals surface area contributed by atoms with Crippen LogP contribution in [0.3, 0.4) is 0 Å². The van der Waals surface area contributed by atoms with E-state index in [1.807, 2.05) is 24.3 Å². The van der Waals surface area contributed by atoms with Crippen molar-refractivity contribution in [2.45, 2.75) is 26.3 Å². The highest BCUT2D eigenvalue weighted by atomic mass is 16.3. The lowest BCUT2D eigenvalue weighted by molar-refractivity contribution is 0.174. The number of nitrogens with zero attached hydrogens (tertiary/aromatic N) is 1. The van der Waals surface area contributed by atoms with Crippen LogP contribution >= 0.6 is 0 Å². The Balaban J connectivity index is 1.97. The van der Waals surface area contributed by atoms with Crippen LogP contribution in [0.4, 0.5) is 0 Å². The van der Waals surface area contributed by atoms with Crippen LogP contribution in [-0.4, -0.2) is 28.1 Å². The first-order chi connectivity index (χ1) is 9.65. The van der Waals surface area contributed by atoms with E-state index in [0.29, 0.717) is 28.9 Å². The third-order valence-electron chi connectivity index (χ3n) is 4.11. The Morgan fingerprint density at radius 1 is 1.40 bits per heavy atom. The second-order valence-electron chi connectivity index (χ2n) is 5.81.